The fraction of sp³-hybridized carbons (Fsp3) is 0.333. The minimum absolute atomic E-state index is 0.246. The second-order valence-corrected chi connectivity index (χ2v) is 6.91. The molecule has 4 N–H and O–H groups in total. The van der Waals surface area contributed by atoms with Gasteiger partial charge in [0.05, 0.1) is 6.33 Å². The number of hydrogen-bond acceptors (Lipinski definition) is 8. The van der Waals surface area contributed by atoms with Crippen LogP contribution in [0.5, 0.6) is 0 Å². The van der Waals surface area contributed by atoms with Crippen molar-refractivity contribution in [1.29, 1.82) is 0 Å². The molecule has 4 rings (SSSR count). The van der Waals surface area contributed by atoms with E-state index in [0.717, 1.165) is 5.56 Å². The van der Waals surface area contributed by atoms with Crippen molar-refractivity contribution in [2.45, 2.75) is 31.5 Å². The molecule has 4 atom stereocenters. The molecule has 1 saturated heterocycles. The van der Waals surface area contributed by atoms with Crippen LogP contribution in [0.3, 0.4) is 0 Å². The number of aliphatic hydroxyl groups is 2. The molecule has 0 saturated carbocycles. The Balaban J connectivity index is 1.72. The Morgan fingerprint density at radius 3 is 2.68 bits per heavy atom. The molecule has 1 aliphatic heterocycles. The number of nitrogens with one attached hydrogen (secondary N) is 2. The van der Waals surface area contributed by atoms with Gasteiger partial charge in [-0.25, -0.2) is 15.0 Å². The van der Waals surface area contributed by atoms with E-state index in [4.69, 9.17) is 4.74 Å². The summed E-state index contributed by atoms with van der Waals surface area (Å²) in [7, 11) is 1.70. The summed E-state index contributed by atoms with van der Waals surface area (Å²) in [4.78, 5) is 25.3. The van der Waals surface area contributed by atoms with Crippen molar-refractivity contribution in [3.05, 3.63) is 48.0 Å². The van der Waals surface area contributed by atoms with Crippen molar-refractivity contribution < 1.29 is 19.7 Å². The van der Waals surface area contributed by atoms with Crippen molar-refractivity contribution in [3.8, 4) is 11.8 Å². The second-order valence-electron chi connectivity index (χ2n) is 6.91. The molecule has 0 spiro atoms. The lowest BCUT2D eigenvalue weighted by Crippen LogP contribution is -2.42. The average molecular weight is 422 g/mol. The number of fused-ring (bicyclic) bond motifs is 1. The van der Waals surface area contributed by atoms with E-state index in [0.29, 0.717) is 23.5 Å². The number of hydrogen-bond donors (Lipinski definition) is 4. The fourth-order valence-corrected chi connectivity index (χ4v) is 3.36. The first kappa shape index (κ1) is 20.7. The van der Waals surface area contributed by atoms with E-state index in [-0.39, 0.29) is 5.82 Å². The highest BCUT2D eigenvalue weighted by molar-refractivity contribution is 5.84. The normalized spacial score (nSPS) is 22.7. The van der Waals surface area contributed by atoms with Gasteiger partial charge in [-0.15, -0.1) is 0 Å². The van der Waals surface area contributed by atoms with Gasteiger partial charge in [0.25, 0.3) is 5.91 Å². The first-order valence-corrected chi connectivity index (χ1v) is 9.82. The molecular formula is C21H22N6O4. The van der Waals surface area contributed by atoms with Crippen molar-refractivity contribution in [2.75, 3.05) is 18.9 Å². The third-order valence-electron chi connectivity index (χ3n) is 4.87. The van der Waals surface area contributed by atoms with Crippen LogP contribution in [0.25, 0.3) is 11.2 Å². The topological polar surface area (TPSA) is 134 Å². The molecule has 1 fully saturated rings. The van der Waals surface area contributed by atoms with Crippen molar-refractivity contribution in [3.63, 3.8) is 0 Å². The summed E-state index contributed by atoms with van der Waals surface area (Å²) in [5.41, 5.74) is 1.61. The third kappa shape index (κ3) is 3.94. The molecule has 160 valence electrons. The van der Waals surface area contributed by atoms with Gasteiger partial charge in [-0.05, 0) is 25.0 Å². The summed E-state index contributed by atoms with van der Waals surface area (Å²) in [5, 5.41) is 26.4. The molecule has 0 aliphatic carbocycles. The van der Waals surface area contributed by atoms with Gasteiger partial charge in [0.15, 0.2) is 29.3 Å². The maximum atomic E-state index is 12.2. The van der Waals surface area contributed by atoms with E-state index in [1.807, 2.05) is 30.3 Å². The van der Waals surface area contributed by atoms with E-state index in [1.54, 1.807) is 14.0 Å². The highest BCUT2D eigenvalue weighted by atomic mass is 16.6. The number of rotatable bonds is 4. The summed E-state index contributed by atoms with van der Waals surface area (Å²) in [6.45, 7) is 2.13. The maximum Gasteiger partial charge on any atom is 0.252 e. The first-order valence-electron chi connectivity index (χ1n) is 9.82. The Labute approximate surface area is 178 Å². The first-order chi connectivity index (χ1) is 15.0. The molecule has 31 heavy (non-hydrogen) atoms. The van der Waals surface area contributed by atoms with E-state index in [1.165, 1.54) is 10.9 Å². The van der Waals surface area contributed by atoms with Gasteiger partial charge < -0.3 is 25.6 Å². The molecule has 1 unspecified atom stereocenters. The Morgan fingerprint density at radius 2 is 1.97 bits per heavy atom. The van der Waals surface area contributed by atoms with Gasteiger partial charge in [0.1, 0.15) is 12.2 Å². The van der Waals surface area contributed by atoms with E-state index in [9.17, 15) is 15.0 Å². The molecule has 0 bridgehead atoms. The third-order valence-corrected chi connectivity index (χ3v) is 4.87. The number of imidazole rings is 1. The fourth-order valence-electron chi connectivity index (χ4n) is 3.36. The molecule has 1 aromatic carbocycles. The lowest BCUT2D eigenvalue weighted by Gasteiger charge is -2.16. The predicted molar refractivity (Wildman–Crippen MR) is 112 cm³/mol. The zero-order chi connectivity index (χ0) is 22.0. The summed E-state index contributed by atoms with van der Waals surface area (Å²) < 4.78 is 7.16. The van der Waals surface area contributed by atoms with E-state index in [2.05, 4.69) is 37.4 Å². The second kappa shape index (κ2) is 8.69. The predicted octanol–water partition coefficient (Wildman–Crippen LogP) is 0.0231. The van der Waals surface area contributed by atoms with Crippen LogP contribution in [0.15, 0.2) is 36.7 Å². The molecule has 3 heterocycles. The van der Waals surface area contributed by atoms with E-state index < -0.39 is 30.4 Å². The number of amides is 1. The Bertz CT molecular complexity index is 1150. The summed E-state index contributed by atoms with van der Waals surface area (Å²) in [6, 6.07) is 9.43. The summed E-state index contributed by atoms with van der Waals surface area (Å²) in [5.74, 6) is 6.13. The molecular weight excluding hydrogens is 400 g/mol. The SMILES string of the molecule is CCNC(=O)[C@H]1O[C@@H](n2cnc3c(NC)nc(C#Cc4ccccc4)nc32)[C@@H](O)C1O. The van der Waals surface area contributed by atoms with Crippen LogP contribution < -0.4 is 10.6 Å². The number of benzene rings is 1. The van der Waals surface area contributed by atoms with Crippen LogP contribution in [-0.2, 0) is 9.53 Å². The van der Waals surface area contributed by atoms with Gasteiger partial charge in [-0.2, -0.15) is 0 Å². The van der Waals surface area contributed by atoms with Crippen LogP contribution in [0.2, 0.25) is 0 Å². The Morgan fingerprint density at radius 1 is 1.19 bits per heavy atom. The quantitative estimate of drug-likeness (QED) is 0.433. The number of aliphatic hydroxyl groups excluding tert-OH is 2. The Kier molecular flexibility index (Phi) is 5.81. The van der Waals surface area contributed by atoms with Gasteiger partial charge in [0, 0.05) is 19.2 Å². The molecule has 1 aliphatic rings. The van der Waals surface area contributed by atoms with Crippen LogP contribution in [-0.4, -0.2) is 67.5 Å². The Hall–Kier alpha value is -3.52. The molecule has 0 radical (unpaired) electrons. The number of aromatic nitrogens is 4. The number of carbonyl (C=O) groups excluding carboxylic acids is 1. The maximum absolute atomic E-state index is 12.2. The van der Waals surface area contributed by atoms with Gasteiger partial charge >= 0.3 is 0 Å². The van der Waals surface area contributed by atoms with Gasteiger partial charge in [0.2, 0.25) is 5.82 Å². The summed E-state index contributed by atoms with van der Waals surface area (Å²) in [6.07, 6.45) is -3.58. The van der Waals surface area contributed by atoms with Crippen LogP contribution in [0.4, 0.5) is 5.82 Å². The monoisotopic (exact) mass is 422 g/mol. The molecule has 10 heteroatoms. The molecule has 1 amide bonds. The number of likely N-dealkylation sites (N-methyl/N-ethyl adjacent to an activating group) is 1. The van der Waals surface area contributed by atoms with Gasteiger partial charge in [-0.1, -0.05) is 24.1 Å². The zero-order valence-corrected chi connectivity index (χ0v) is 17.0. The molecule has 2 aromatic heterocycles. The number of anilines is 1. The lowest BCUT2D eigenvalue weighted by molar-refractivity contribution is -0.137. The number of nitrogens with zero attached hydrogens (tertiary/aromatic N) is 4. The van der Waals surface area contributed by atoms with Gasteiger partial charge in [-0.3, -0.25) is 9.36 Å². The van der Waals surface area contributed by atoms with E-state index >= 15 is 0 Å². The smallest absolute Gasteiger partial charge is 0.252 e. The van der Waals surface area contributed by atoms with Crippen molar-refractivity contribution >= 4 is 22.9 Å². The molecule has 10 nitrogen and oxygen atoms in total. The standard InChI is InChI=1S/C21H22N6O4/c1-3-23-20(30)17-15(28)16(29)21(31-17)27-11-24-14-18(22-2)25-13(26-19(14)27)10-9-12-7-5-4-6-8-12/h4-8,11,15-17,21,28-29H,3H2,1-2H3,(H,23,30)(H,22,25,26)/t15?,16-,17-,21+/m0/s1. The number of ether oxygens (including phenoxy) is 1. The van der Waals surface area contributed by atoms with Crippen LogP contribution in [0, 0.1) is 11.8 Å². The van der Waals surface area contributed by atoms with Crippen LogP contribution in [0.1, 0.15) is 24.5 Å². The summed E-state index contributed by atoms with van der Waals surface area (Å²) >= 11 is 0. The molecule has 3 aromatic rings. The zero-order valence-electron chi connectivity index (χ0n) is 17.0. The van der Waals surface area contributed by atoms with Crippen LogP contribution >= 0.6 is 0 Å². The lowest BCUT2D eigenvalue weighted by atomic mass is 10.1. The highest BCUT2D eigenvalue weighted by Crippen LogP contribution is 2.32. The van der Waals surface area contributed by atoms with Crippen molar-refractivity contribution in [1.82, 2.24) is 24.8 Å². The minimum atomic E-state index is -1.39. The highest BCUT2D eigenvalue weighted by Gasteiger charge is 2.47. The largest absolute Gasteiger partial charge is 0.387 e. The number of carbonyl (C=O) groups is 1. The minimum Gasteiger partial charge on any atom is -0.387 e. The van der Waals surface area contributed by atoms with Crippen molar-refractivity contribution in [2.24, 2.45) is 0 Å². The average Bonchev–Trinajstić information content (AvgIpc) is 3.33.